The first kappa shape index (κ1) is 12.0. The van der Waals surface area contributed by atoms with Gasteiger partial charge in [0.05, 0.1) is 5.69 Å². The molecule has 1 aliphatic heterocycles. The molecule has 1 aliphatic carbocycles. The third kappa shape index (κ3) is 2.86. The lowest BCUT2D eigenvalue weighted by Crippen LogP contribution is -2.27. The number of hydrogen-bond acceptors (Lipinski definition) is 3. The number of ether oxygens (including phenoxy) is 1. The molecule has 0 saturated heterocycles. The number of benzene rings is 1. The number of anilines is 1. The van der Waals surface area contributed by atoms with Gasteiger partial charge >= 0.3 is 0 Å². The zero-order valence-corrected chi connectivity index (χ0v) is 10.6. The minimum Gasteiger partial charge on any atom is -0.482 e. The molecule has 1 fully saturated rings. The third-order valence-corrected chi connectivity index (χ3v) is 3.34. The molecule has 0 aromatic heterocycles. The van der Waals surface area contributed by atoms with Crippen LogP contribution in [0, 0.1) is 5.92 Å². The van der Waals surface area contributed by atoms with E-state index in [-0.39, 0.29) is 24.3 Å². The lowest BCUT2D eigenvalue weighted by Gasteiger charge is -2.18. The Morgan fingerprint density at radius 3 is 3.05 bits per heavy atom. The van der Waals surface area contributed by atoms with Crippen molar-refractivity contribution in [1.82, 2.24) is 5.32 Å². The summed E-state index contributed by atoms with van der Waals surface area (Å²) in [5.74, 6) is 0.975. The monoisotopic (exact) mass is 260 g/mol. The molecule has 0 bridgehead atoms. The zero-order valence-electron chi connectivity index (χ0n) is 10.6. The second-order valence-corrected chi connectivity index (χ2v) is 4.98. The van der Waals surface area contributed by atoms with E-state index in [0.717, 1.165) is 24.8 Å². The first-order chi connectivity index (χ1) is 9.22. The molecule has 0 spiro atoms. The molecule has 2 N–H and O–H groups in total. The van der Waals surface area contributed by atoms with Gasteiger partial charge in [0.1, 0.15) is 5.75 Å². The smallest absolute Gasteiger partial charge is 0.262 e. The summed E-state index contributed by atoms with van der Waals surface area (Å²) in [6.07, 6.45) is 2.80. The van der Waals surface area contributed by atoms with E-state index in [1.807, 2.05) is 18.2 Å². The average Bonchev–Trinajstić information content (AvgIpc) is 3.22. The van der Waals surface area contributed by atoms with E-state index in [1.165, 1.54) is 0 Å². The molecule has 1 aromatic rings. The molecule has 2 amide bonds. The van der Waals surface area contributed by atoms with E-state index in [4.69, 9.17) is 4.74 Å². The number of nitrogens with one attached hydrogen (secondary N) is 2. The van der Waals surface area contributed by atoms with Crippen molar-refractivity contribution in [2.24, 2.45) is 5.92 Å². The number of carbonyl (C=O) groups excluding carboxylic acids is 2. The second-order valence-electron chi connectivity index (χ2n) is 4.98. The number of amides is 2. The van der Waals surface area contributed by atoms with E-state index in [2.05, 4.69) is 10.6 Å². The van der Waals surface area contributed by atoms with Gasteiger partial charge in [0.25, 0.3) is 5.91 Å². The summed E-state index contributed by atoms with van der Waals surface area (Å²) in [4.78, 5) is 22.7. The molecule has 1 saturated carbocycles. The van der Waals surface area contributed by atoms with Gasteiger partial charge in [0.2, 0.25) is 5.91 Å². The minimum absolute atomic E-state index is 0.0732. The summed E-state index contributed by atoms with van der Waals surface area (Å²) in [5, 5.41) is 5.70. The molecule has 3 rings (SSSR count). The van der Waals surface area contributed by atoms with Crippen LogP contribution >= 0.6 is 0 Å². The summed E-state index contributed by atoms with van der Waals surface area (Å²) >= 11 is 0. The molecule has 0 atom stereocenters. The molecule has 19 heavy (non-hydrogen) atoms. The normalized spacial score (nSPS) is 17.2. The predicted octanol–water partition coefficient (Wildman–Crippen LogP) is 1.09. The van der Waals surface area contributed by atoms with Crippen LogP contribution in [-0.4, -0.2) is 25.0 Å². The van der Waals surface area contributed by atoms with Crippen molar-refractivity contribution in [3.8, 4) is 5.75 Å². The SMILES string of the molecule is O=C1COc2ccc(CCNC(=O)C3CC3)cc2N1. The maximum atomic E-state index is 11.5. The van der Waals surface area contributed by atoms with Crippen molar-refractivity contribution in [3.63, 3.8) is 0 Å². The molecule has 0 radical (unpaired) electrons. The fourth-order valence-electron chi connectivity index (χ4n) is 2.11. The lowest BCUT2D eigenvalue weighted by molar-refractivity contribution is -0.122. The second kappa shape index (κ2) is 4.91. The highest BCUT2D eigenvalue weighted by Crippen LogP contribution is 2.29. The third-order valence-electron chi connectivity index (χ3n) is 3.34. The van der Waals surface area contributed by atoms with Crippen molar-refractivity contribution < 1.29 is 14.3 Å². The van der Waals surface area contributed by atoms with Crippen molar-refractivity contribution >= 4 is 17.5 Å². The Morgan fingerprint density at radius 2 is 2.26 bits per heavy atom. The van der Waals surface area contributed by atoms with E-state index >= 15 is 0 Å². The van der Waals surface area contributed by atoms with Gasteiger partial charge in [-0.05, 0) is 37.0 Å². The fraction of sp³-hybridized carbons (Fsp3) is 0.429. The lowest BCUT2D eigenvalue weighted by atomic mass is 10.1. The summed E-state index contributed by atoms with van der Waals surface area (Å²) in [6.45, 7) is 0.701. The van der Waals surface area contributed by atoms with Gasteiger partial charge in [-0.25, -0.2) is 0 Å². The van der Waals surface area contributed by atoms with Crippen LogP contribution in [0.3, 0.4) is 0 Å². The van der Waals surface area contributed by atoms with E-state index in [9.17, 15) is 9.59 Å². The maximum Gasteiger partial charge on any atom is 0.262 e. The Hall–Kier alpha value is -2.04. The predicted molar refractivity (Wildman–Crippen MR) is 70.0 cm³/mol. The van der Waals surface area contributed by atoms with Gasteiger partial charge in [-0.3, -0.25) is 9.59 Å². The van der Waals surface area contributed by atoms with Crippen LogP contribution in [0.25, 0.3) is 0 Å². The highest BCUT2D eigenvalue weighted by atomic mass is 16.5. The summed E-state index contributed by atoms with van der Waals surface area (Å²) < 4.78 is 5.29. The maximum absolute atomic E-state index is 11.5. The number of fused-ring (bicyclic) bond motifs is 1. The standard InChI is InChI=1S/C14H16N2O3/c17-13-8-19-12-4-1-9(7-11(12)16-13)5-6-15-14(18)10-2-3-10/h1,4,7,10H,2-3,5-6,8H2,(H,15,18)(H,16,17). The first-order valence-corrected chi connectivity index (χ1v) is 6.55. The average molecular weight is 260 g/mol. The van der Waals surface area contributed by atoms with E-state index in [1.54, 1.807) is 0 Å². The molecule has 5 heteroatoms. The Kier molecular flexibility index (Phi) is 3.11. The van der Waals surface area contributed by atoms with Crippen LogP contribution < -0.4 is 15.4 Å². The van der Waals surface area contributed by atoms with Crippen LogP contribution in [-0.2, 0) is 16.0 Å². The highest BCUT2D eigenvalue weighted by molar-refractivity contribution is 5.95. The van der Waals surface area contributed by atoms with Crippen LogP contribution in [0.2, 0.25) is 0 Å². The van der Waals surface area contributed by atoms with Gasteiger partial charge in [-0.2, -0.15) is 0 Å². The van der Waals surface area contributed by atoms with Crippen molar-refractivity contribution in [3.05, 3.63) is 23.8 Å². The van der Waals surface area contributed by atoms with Crippen LogP contribution in [0.15, 0.2) is 18.2 Å². The van der Waals surface area contributed by atoms with Gasteiger partial charge in [0, 0.05) is 12.5 Å². The van der Waals surface area contributed by atoms with Gasteiger partial charge in [0.15, 0.2) is 6.61 Å². The summed E-state index contributed by atoms with van der Waals surface area (Å²) in [7, 11) is 0. The molecule has 5 nitrogen and oxygen atoms in total. The summed E-state index contributed by atoms with van der Waals surface area (Å²) in [6, 6.07) is 5.71. The molecule has 1 aromatic carbocycles. The van der Waals surface area contributed by atoms with Crippen molar-refractivity contribution in [2.45, 2.75) is 19.3 Å². The quantitative estimate of drug-likeness (QED) is 0.851. The number of rotatable bonds is 4. The van der Waals surface area contributed by atoms with Crippen LogP contribution in [0.1, 0.15) is 18.4 Å². The Morgan fingerprint density at radius 1 is 1.42 bits per heavy atom. The van der Waals surface area contributed by atoms with Gasteiger partial charge in [-0.1, -0.05) is 6.07 Å². The molecule has 0 unspecified atom stereocenters. The zero-order chi connectivity index (χ0) is 13.2. The molecule has 1 heterocycles. The van der Waals surface area contributed by atoms with E-state index < -0.39 is 0 Å². The van der Waals surface area contributed by atoms with Crippen molar-refractivity contribution in [2.75, 3.05) is 18.5 Å². The molecular formula is C14H16N2O3. The Bertz CT molecular complexity index is 523. The van der Waals surface area contributed by atoms with Crippen molar-refractivity contribution in [1.29, 1.82) is 0 Å². The largest absolute Gasteiger partial charge is 0.482 e. The van der Waals surface area contributed by atoms with E-state index in [0.29, 0.717) is 18.0 Å². The Labute approximate surface area is 111 Å². The fourth-order valence-corrected chi connectivity index (χ4v) is 2.11. The Balaban J connectivity index is 1.57. The first-order valence-electron chi connectivity index (χ1n) is 6.55. The van der Waals surface area contributed by atoms with Gasteiger partial charge < -0.3 is 15.4 Å². The number of carbonyl (C=O) groups is 2. The minimum atomic E-state index is -0.133. The molecular weight excluding hydrogens is 244 g/mol. The van der Waals surface area contributed by atoms with Gasteiger partial charge in [-0.15, -0.1) is 0 Å². The number of hydrogen-bond donors (Lipinski definition) is 2. The topological polar surface area (TPSA) is 67.4 Å². The van der Waals surface area contributed by atoms with Crippen LogP contribution in [0.4, 0.5) is 5.69 Å². The molecule has 2 aliphatic rings. The highest BCUT2D eigenvalue weighted by Gasteiger charge is 2.29. The summed E-state index contributed by atoms with van der Waals surface area (Å²) in [5.41, 5.74) is 1.78. The van der Waals surface area contributed by atoms with Crippen LogP contribution in [0.5, 0.6) is 5.75 Å². The molecule has 100 valence electrons.